The van der Waals surface area contributed by atoms with E-state index in [0.717, 1.165) is 5.56 Å². The Labute approximate surface area is 176 Å². The smallest absolute Gasteiger partial charge is 0.291 e. The highest BCUT2D eigenvalue weighted by molar-refractivity contribution is 7.15. The molecule has 152 valence electrons. The molecular weight excluding hydrogens is 402 g/mol. The number of carbonyl (C=O) groups is 1. The second-order valence-electron chi connectivity index (χ2n) is 6.54. The van der Waals surface area contributed by atoms with Crippen LogP contribution in [0.25, 0.3) is 11.0 Å². The molecule has 4 aromatic rings. The number of ketones is 1. The van der Waals surface area contributed by atoms with Crippen molar-refractivity contribution in [3.8, 4) is 11.5 Å². The number of carbonyl (C=O) groups excluding carboxylic acids is 1. The van der Waals surface area contributed by atoms with Gasteiger partial charge in [0, 0.05) is 12.8 Å². The van der Waals surface area contributed by atoms with Crippen molar-refractivity contribution in [1.29, 1.82) is 0 Å². The standard InChI is InChI=1S/C22H19N3O4S/c1-28-15-8-10-18(29-2)16(13-15)17(26)9-11-20-23-22-25(24-20)21(27)19(30-22)12-14-6-4-3-5-7-14/h3-8,10,12-13H,9,11H2,1-2H3/b19-12-. The highest BCUT2D eigenvalue weighted by atomic mass is 32.1. The first-order chi connectivity index (χ1) is 14.6. The molecule has 0 aliphatic heterocycles. The Balaban J connectivity index is 1.54. The molecule has 0 bridgehead atoms. The third kappa shape index (κ3) is 3.95. The Morgan fingerprint density at radius 3 is 2.63 bits per heavy atom. The molecule has 2 aromatic carbocycles. The van der Waals surface area contributed by atoms with Gasteiger partial charge in [-0.15, -0.1) is 5.10 Å². The van der Waals surface area contributed by atoms with Crippen LogP contribution >= 0.6 is 11.3 Å². The lowest BCUT2D eigenvalue weighted by molar-refractivity contribution is 0.0979. The Bertz CT molecular complexity index is 1310. The fourth-order valence-electron chi connectivity index (χ4n) is 3.07. The first-order valence-corrected chi connectivity index (χ1v) is 10.1. The van der Waals surface area contributed by atoms with E-state index < -0.39 is 0 Å². The number of nitrogens with zero attached hydrogens (tertiary/aromatic N) is 3. The number of benzene rings is 2. The van der Waals surface area contributed by atoms with Gasteiger partial charge in [-0.05, 0) is 29.8 Å². The lowest BCUT2D eigenvalue weighted by Gasteiger charge is -2.09. The van der Waals surface area contributed by atoms with Gasteiger partial charge in [-0.2, -0.15) is 4.52 Å². The normalized spacial score (nSPS) is 11.7. The maximum Gasteiger partial charge on any atom is 0.291 e. The van der Waals surface area contributed by atoms with Gasteiger partial charge in [-0.1, -0.05) is 41.7 Å². The fraction of sp³-hybridized carbons (Fsp3) is 0.182. The molecule has 0 aliphatic rings. The highest BCUT2D eigenvalue weighted by Crippen LogP contribution is 2.25. The number of ether oxygens (including phenoxy) is 2. The number of aromatic nitrogens is 3. The van der Waals surface area contributed by atoms with Gasteiger partial charge in [0.25, 0.3) is 5.56 Å². The topological polar surface area (TPSA) is 82.8 Å². The molecule has 0 radical (unpaired) electrons. The molecule has 0 atom stereocenters. The number of thiazole rings is 1. The zero-order valence-corrected chi connectivity index (χ0v) is 17.3. The summed E-state index contributed by atoms with van der Waals surface area (Å²) < 4.78 is 12.3. The zero-order chi connectivity index (χ0) is 21.1. The molecule has 0 aliphatic carbocycles. The predicted molar refractivity (Wildman–Crippen MR) is 115 cm³/mol. The number of aryl methyl sites for hydroxylation is 1. The molecule has 8 heteroatoms. The van der Waals surface area contributed by atoms with Crippen molar-refractivity contribution in [2.45, 2.75) is 12.8 Å². The molecule has 30 heavy (non-hydrogen) atoms. The number of fused-ring (bicyclic) bond motifs is 1. The number of methoxy groups -OCH3 is 2. The average molecular weight is 421 g/mol. The van der Waals surface area contributed by atoms with Crippen LogP contribution in [0.3, 0.4) is 0 Å². The molecule has 0 saturated carbocycles. The molecule has 2 heterocycles. The maximum absolute atomic E-state index is 12.7. The molecule has 0 N–H and O–H groups in total. The molecule has 2 aromatic heterocycles. The fourth-order valence-corrected chi connectivity index (χ4v) is 4.00. The molecule has 0 unspecified atom stereocenters. The van der Waals surface area contributed by atoms with Crippen LogP contribution in [0.4, 0.5) is 0 Å². The summed E-state index contributed by atoms with van der Waals surface area (Å²) in [5.74, 6) is 1.42. The summed E-state index contributed by atoms with van der Waals surface area (Å²) in [7, 11) is 3.06. The summed E-state index contributed by atoms with van der Waals surface area (Å²) in [6, 6.07) is 14.7. The van der Waals surface area contributed by atoms with Gasteiger partial charge in [0.1, 0.15) is 11.5 Å². The van der Waals surface area contributed by atoms with Gasteiger partial charge < -0.3 is 9.47 Å². The van der Waals surface area contributed by atoms with E-state index in [-0.39, 0.29) is 17.8 Å². The van der Waals surface area contributed by atoms with Crippen molar-refractivity contribution in [3.63, 3.8) is 0 Å². The van der Waals surface area contributed by atoms with Crippen molar-refractivity contribution in [1.82, 2.24) is 14.6 Å². The summed E-state index contributed by atoms with van der Waals surface area (Å²) in [4.78, 5) is 30.2. The van der Waals surface area contributed by atoms with E-state index in [9.17, 15) is 9.59 Å². The molecular formula is C22H19N3O4S. The van der Waals surface area contributed by atoms with E-state index in [2.05, 4.69) is 10.1 Å². The second-order valence-corrected chi connectivity index (χ2v) is 7.55. The Hall–Kier alpha value is -3.52. The lowest BCUT2D eigenvalue weighted by Crippen LogP contribution is -2.23. The largest absolute Gasteiger partial charge is 0.497 e. The second kappa shape index (κ2) is 8.46. The van der Waals surface area contributed by atoms with Gasteiger partial charge in [0.05, 0.1) is 24.3 Å². The number of hydrogen-bond donors (Lipinski definition) is 0. The van der Waals surface area contributed by atoms with Crippen molar-refractivity contribution < 1.29 is 14.3 Å². The molecule has 4 rings (SSSR count). The van der Waals surface area contributed by atoms with Crippen LogP contribution in [0.5, 0.6) is 11.5 Å². The van der Waals surface area contributed by atoms with Crippen LogP contribution < -0.4 is 19.6 Å². The van der Waals surface area contributed by atoms with E-state index >= 15 is 0 Å². The highest BCUT2D eigenvalue weighted by Gasteiger charge is 2.16. The van der Waals surface area contributed by atoms with Gasteiger partial charge in [0.15, 0.2) is 11.6 Å². The molecule has 7 nitrogen and oxygen atoms in total. The minimum atomic E-state index is -0.210. The average Bonchev–Trinajstić information content (AvgIpc) is 3.31. The quantitative estimate of drug-likeness (QED) is 0.427. The van der Waals surface area contributed by atoms with Crippen molar-refractivity contribution in [2.75, 3.05) is 14.2 Å². The third-order valence-electron chi connectivity index (χ3n) is 4.61. The van der Waals surface area contributed by atoms with E-state index in [0.29, 0.717) is 38.8 Å². The minimum Gasteiger partial charge on any atom is -0.497 e. The zero-order valence-electron chi connectivity index (χ0n) is 16.5. The first kappa shape index (κ1) is 19.8. The van der Waals surface area contributed by atoms with Crippen LogP contribution in [-0.2, 0) is 6.42 Å². The Kier molecular flexibility index (Phi) is 5.58. The predicted octanol–water partition coefficient (Wildman–Crippen LogP) is 2.53. The minimum absolute atomic E-state index is 0.107. The van der Waals surface area contributed by atoms with E-state index in [1.807, 2.05) is 36.4 Å². The van der Waals surface area contributed by atoms with Crippen LogP contribution in [0.1, 0.15) is 28.2 Å². The van der Waals surface area contributed by atoms with Crippen molar-refractivity contribution in [2.24, 2.45) is 0 Å². The monoisotopic (exact) mass is 421 g/mol. The van der Waals surface area contributed by atoms with Crippen LogP contribution in [0, 0.1) is 0 Å². The number of hydrogen-bond acceptors (Lipinski definition) is 7. The van der Waals surface area contributed by atoms with Crippen molar-refractivity contribution >= 4 is 28.2 Å². The van der Waals surface area contributed by atoms with Gasteiger partial charge in [-0.3, -0.25) is 9.59 Å². The van der Waals surface area contributed by atoms with Crippen LogP contribution in [0.2, 0.25) is 0 Å². The third-order valence-corrected chi connectivity index (χ3v) is 5.56. The maximum atomic E-state index is 12.7. The van der Waals surface area contributed by atoms with Gasteiger partial charge >= 0.3 is 0 Å². The van der Waals surface area contributed by atoms with Gasteiger partial charge in [0.2, 0.25) is 4.96 Å². The number of Topliss-reactive ketones (excluding diaryl/α,β-unsaturated/α-hetero) is 1. The molecule has 0 spiro atoms. The summed E-state index contributed by atoms with van der Waals surface area (Å²) in [5.41, 5.74) is 1.18. The summed E-state index contributed by atoms with van der Waals surface area (Å²) in [5, 5.41) is 4.29. The Morgan fingerprint density at radius 2 is 1.93 bits per heavy atom. The molecule has 0 fully saturated rings. The van der Waals surface area contributed by atoms with Gasteiger partial charge in [-0.25, -0.2) is 4.98 Å². The Morgan fingerprint density at radius 1 is 1.13 bits per heavy atom. The SMILES string of the molecule is COc1ccc(OC)c(C(=O)CCc2nc3s/c(=C\c4ccccc4)c(=O)n3n2)c1. The summed E-state index contributed by atoms with van der Waals surface area (Å²) in [6.45, 7) is 0. The van der Waals surface area contributed by atoms with Crippen LogP contribution in [0.15, 0.2) is 53.3 Å². The van der Waals surface area contributed by atoms with E-state index in [1.54, 1.807) is 25.3 Å². The molecule has 0 saturated heterocycles. The first-order valence-electron chi connectivity index (χ1n) is 9.29. The summed E-state index contributed by atoms with van der Waals surface area (Å²) >= 11 is 1.28. The van der Waals surface area contributed by atoms with E-state index in [4.69, 9.17) is 9.47 Å². The summed E-state index contributed by atoms with van der Waals surface area (Å²) in [6.07, 6.45) is 2.34. The molecule has 0 amide bonds. The van der Waals surface area contributed by atoms with Crippen LogP contribution in [-0.4, -0.2) is 34.6 Å². The lowest BCUT2D eigenvalue weighted by atomic mass is 10.0. The van der Waals surface area contributed by atoms with Crippen molar-refractivity contribution in [3.05, 3.63) is 80.4 Å². The van der Waals surface area contributed by atoms with E-state index in [1.165, 1.54) is 23.0 Å². The number of rotatable bonds is 7.